The smallest absolute Gasteiger partial charge is 0.410 e. The maximum Gasteiger partial charge on any atom is 0.410 e. The molecule has 5 heteroatoms. The van der Waals surface area contributed by atoms with Gasteiger partial charge in [-0.3, -0.25) is 0 Å². The second kappa shape index (κ2) is 4.22. The zero-order chi connectivity index (χ0) is 10.9. The molecule has 82 valence electrons. The van der Waals surface area contributed by atoms with Crippen LogP contribution in [-0.2, 0) is 4.74 Å². The highest BCUT2D eigenvalue weighted by Gasteiger charge is 2.34. The van der Waals surface area contributed by atoms with Gasteiger partial charge in [-0.25, -0.2) is 4.79 Å². The van der Waals surface area contributed by atoms with Crippen LogP contribution in [0.4, 0.5) is 4.79 Å². The SMILES string of the molecule is CC(C)(C)OC(=O)N1CC(O)C(I)C1. The van der Waals surface area contributed by atoms with Crippen molar-refractivity contribution >= 4 is 28.7 Å². The van der Waals surface area contributed by atoms with Gasteiger partial charge in [0.15, 0.2) is 0 Å². The number of aliphatic hydroxyl groups is 1. The van der Waals surface area contributed by atoms with Gasteiger partial charge in [-0.05, 0) is 20.8 Å². The van der Waals surface area contributed by atoms with Crippen molar-refractivity contribution in [1.29, 1.82) is 0 Å². The molecule has 1 heterocycles. The Kier molecular flexibility index (Phi) is 3.63. The molecule has 1 amide bonds. The summed E-state index contributed by atoms with van der Waals surface area (Å²) < 4.78 is 5.30. The number of rotatable bonds is 0. The summed E-state index contributed by atoms with van der Waals surface area (Å²) in [7, 11) is 0. The Morgan fingerprint density at radius 3 is 2.43 bits per heavy atom. The fourth-order valence-corrected chi connectivity index (χ4v) is 1.93. The number of β-amino-alcohol motifs (C(OH)–C–C–N with tert-alkyl or cyclic N) is 1. The van der Waals surface area contributed by atoms with Crippen LogP contribution in [0.3, 0.4) is 0 Å². The molecule has 0 saturated carbocycles. The first-order chi connectivity index (χ1) is 6.29. The van der Waals surface area contributed by atoms with E-state index in [1.807, 2.05) is 20.8 Å². The number of amides is 1. The van der Waals surface area contributed by atoms with E-state index in [4.69, 9.17) is 4.74 Å². The van der Waals surface area contributed by atoms with E-state index >= 15 is 0 Å². The van der Waals surface area contributed by atoms with Gasteiger partial charge in [-0.15, -0.1) is 0 Å². The zero-order valence-electron chi connectivity index (χ0n) is 8.66. The van der Waals surface area contributed by atoms with Gasteiger partial charge in [0.1, 0.15) is 5.60 Å². The number of carbonyl (C=O) groups is 1. The Bertz CT molecular complexity index is 217. The number of nitrogens with zero attached hydrogens (tertiary/aromatic N) is 1. The van der Waals surface area contributed by atoms with Crippen LogP contribution in [0.15, 0.2) is 0 Å². The highest BCUT2D eigenvalue weighted by Crippen LogP contribution is 2.20. The van der Waals surface area contributed by atoms with Crippen molar-refractivity contribution in [2.45, 2.75) is 36.4 Å². The van der Waals surface area contributed by atoms with E-state index in [-0.39, 0.29) is 10.0 Å². The Morgan fingerprint density at radius 1 is 1.50 bits per heavy atom. The van der Waals surface area contributed by atoms with E-state index in [0.29, 0.717) is 13.1 Å². The zero-order valence-corrected chi connectivity index (χ0v) is 10.8. The molecule has 2 atom stereocenters. The van der Waals surface area contributed by atoms with Gasteiger partial charge in [0.05, 0.1) is 16.6 Å². The van der Waals surface area contributed by atoms with Crippen molar-refractivity contribution in [1.82, 2.24) is 4.90 Å². The summed E-state index contributed by atoms with van der Waals surface area (Å²) in [6, 6.07) is 0. The fourth-order valence-electron chi connectivity index (χ4n) is 1.22. The summed E-state index contributed by atoms with van der Waals surface area (Å²) in [5.41, 5.74) is -0.467. The number of hydrogen-bond acceptors (Lipinski definition) is 3. The molecule has 1 aliphatic rings. The largest absolute Gasteiger partial charge is 0.444 e. The molecule has 1 fully saturated rings. The normalized spacial score (nSPS) is 27.9. The van der Waals surface area contributed by atoms with E-state index < -0.39 is 11.7 Å². The van der Waals surface area contributed by atoms with Crippen molar-refractivity contribution < 1.29 is 14.6 Å². The Hall–Kier alpha value is -0.0400. The van der Waals surface area contributed by atoms with Gasteiger partial charge in [0.25, 0.3) is 0 Å². The third kappa shape index (κ3) is 3.27. The van der Waals surface area contributed by atoms with Crippen LogP contribution in [-0.4, -0.2) is 44.8 Å². The predicted octanol–water partition coefficient (Wildman–Crippen LogP) is 1.40. The summed E-state index contributed by atoms with van der Waals surface area (Å²) in [5, 5.41) is 9.46. The third-order valence-electron chi connectivity index (χ3n) is 1.87. The average molecular weight is 313 g/mol. The summed E-state index contributed by atoms with van der Waals surface area (Å²) in [6.45, 7) is 6.44. The lowest BCUT2D eigenvalue weighted by molar-refractivity contribution is 0.0270. The molecular weight excluding hydrogens is 297 g/mol. The lowest BCUT2D eigenvalue weighted by Crippen LogP contribution is -2.35. The van der Waals surface area contributed by atoms with Crippen molar-refractivity contribution in [3.63, 3.8) is 0 Å². The van der Waals surface area contributed by atoms with Gasteiger partial charge in [-0.2, -0.15) is 0 Å². The number of hydrogen-bond donors (Lipinski definition) is 1. The van der Waals surface area contributed by atoms with Crippen molar-refractivity contribution in [3.05, 3.63) is 0 Å². The summed E-state index contributed by atoms with van der Waals surface area (Å²) in [5.74, 6) is 0. The summed E-state index contributed by atoms with van der Waals surface area (Å²) in [6.07, 6.45) is -0.765. The quantitative estimate of drug-likeness (QED) is 0.543. The van der Waals surface area contributed by atoms with Crippen LogP contribution in [0.2, 0.25) is 0 Å². The van der Waals surface area contributed by atoms with Crippen molar-refractivity contribution in [2.24, 2.45) is 0 Å². The highest BCUT2D eigenvalue weighted by molar-refractivity contribution is 14.1. The van der Waals surface area contributed by atoms with Gasteiger partial charge in [0, 0.05) is 6.54 Å². The summed E-state index contributed by atoms with van der Waals surface area (Å²) in [4.78, 5) is 13.1. The number of alkyl halides is 1. The van der Waals surface area contributed by atoms with Gasteiger partial charge in [0.2, 0.25) is 0 Å². The lowest BCUT2D eigenvalue weighted by atomic mass is 10.2. The van der Waals surface area contributed by atoms with Crippen LogP contribution < -0.4 is 0 Å². The molecule has 2 unspecified atom stereocenters. The minimum atomic E-state index is -0.467. The number of likely N-dealkylation sites (tertiary alicyclic amines) is 1. The number of ether oxygens (including phenoxy) is 1. The molecule has 0 radical (unpaired) electrons. The Balaban J connectivity index is 2.48. The van der Waals surface area contributed by atoms with E-state index in [1.54, 1.807) is 4.90 Å². The van der Waals surface area contributed by atoms with E-state index in [9.17, 15) is 9.90 Å². The second-order valence-electron chi connectivity index (χ2n) is 4.47. The molecule has 1 saturated heterocycles. The fraction of sp³-hybridized carbons (Fsp3) is 0.889. The molecule has 0 spiro atoms. The molecule has 0 aromatic heterocycles. The van der Waals surface area contributed by atoms with Gasteiger partial charge in [-0.1, -0.05) is 22.6 Å². The first-order valence-electron chi connectivity index (χ1n) is 4.59. The lowest BCUT2D eigenvalue weighted by Gasteiger charge is -2.24. The second-order valence-corrected chi connectivity index (χ2v) is 6.07. The van der Waals surface area contributed by atoms with Gasteiger partial charge >= 0.3 is 6.09 Å². The molecule has 14 heavy (non-hydrogen) atoms. The molecule has 0 aliphatic carbocycles. The van der Waals surface area contributed by atoms with Crippen LogP contribution >= 0.6 is 22.6 Å². The molecule has 0 aromatic carbocycles. The topological polar surface area (TPSA) is 49.8 Å². The van der Waals surface area contributed by atoms with E-state index in [0.717, 1.165) is 0 Å². The van der Waals surface area contributed by atoms with E-state index in [1.165, 1.54) is 0 Å². The Morgan fingerprint density at radius 2 is 2.07 bits per heavy atom. The molecule has 0 bridgehead atoms. The molecule has 1 rings (SSSR count). The first-order valence-corrected chi connectivity index (χ1v) is 5.84. The van der Waals surface area contributed by atoms with Crippen LogP contribution in [0.1, 0.15) is 20.8 Å². The predicted molar refractivity (Wildman–Crippen MR) is 61.6 cm³/mol. The molecule has 1 aliphatic heterocycles. The van der Waals surface area contributed by atoms with Crippen molar-refractivity contribution in [2.75, 3.05) is 13.1 Å². The maximum atomic E-state index is 11.5. The standard InChI is InChI=1S/C9H16INO3/c1-9(2,3)14-8(13)11-4-6(10)7(12)5-11/h6-7,12H,4-5H2,1-3H3. The minimum absolute atomic E-state index is 0.111. The minimum Gasteiger partial charge on any atom is -0.444 e. The molecule has 0 aromatic rings. The Labute approximate surface area is 97.7 Å². The first kappa shape index (κ1) is 12.0. The molecule has 1 N–H and O–H groups in total. The number of halogens is 1. The van der Waals surface area contributed by atoms with Crippen LogP contribution in [0.25, 0.3) is 0 Å². The highest BCUT2D eigenvalue weighted by atomic mass is 127. The van der Waals surface area contributed by atoms with E-state index in [2.05, 4.69) is 22.6 Å². The van der Waals surface area contributed by atoms with Crippen LogP contribution in [0, 0.1) is 0 Å². The average Bonchev–Trinajstić information content (AvgIpc) is 2.28. The van der Waals surface area contributed by atoms with Gasteiger partial charge < -0.3 is 14.7 Å². The summed E-state index contributed by atoms with van der Waals surface area (Å²) >= 11 is 2.14. The monoisotopic (exact) mass is 313 g/mol. The maximum absolute atomic E-state index is 11.5. The molecular formula is C9H16INO3. The third-order valence-corrected chi connectivity index (χ3v) is 3.10. The molecule has 4 nitrogen and oxygen atoms in total. The number of aliphatic hydroxyl groups excluding tert-OH is 1. The number of carbonyl (C=O) groups excluding carboxylic acids is 1. The van der Waals surface area contributed by atoms with Crippen LogP contribution in [0.5, 0.6) is 0 Å². The van der Waals surface area contributed by atoms with Crippen molar-refractivity contribution in [3.8, 4) is 0 Å².